The Bertz CT molecular complexity index is 589. The fraction of sp³-hybridized carbons (Fsp3) is 0.167. The summed E-state index contributed by atoms with van der Waals surface area (Å²) in [5.41, 5.74) is 1.94. The summed E-state index contributed by atoms with van der Waals surface area (Å²) in [4.78, 5) is 14.9. The zero-order valence-electron chi connectivity index (χ0n) is 9.32. The molecule has 0 bridgehead atoms. The summed E-state index contributed by atoms with van der Waals surface area (Å²) in [5, 5.41) is 9.36. The first-order chi connectivity index (χ1) is 7.99. The van der Waals surface area contributed by atoms with Crippen LogP contribution in [0.1, 0.15) is 21.8 Å². The van der Waals surface area contributed by atoms with Gasteiger partial charge in [-0.3, -0.25) is 0 Å². The number of oxazole rings is 1. The van der Waals surface area contributed by atoms with Gasteiger partial charge in [0.25, 0.3) is 0 Å². The molecular formula is C12H10ClNO3. The molecule has 0 fully saturated rings. The molecule has 88 valence electrons. The van der Waals surface area contributed by atoms with Crippen molar-refractivity contribution >= 4 is 17.6 Å². The van der Waals surface area contributed by atoms with E-state index in [9.17, 15) is 4.79 Å². The van der Waals surface area contributed by atoms with Crippen molar-refractivity contribution in [2.75, 3.05) is 0 Å². The van der Waals surface area contributed by atoms with Crippen molar-refractivity contribution < 1.29 is 14.3 Å². The van der Waals surface area contributed by atoms with Gasteiger partial charge in [-0.05, 0) is 31.5 Å². The predicted molar refractivity (Wildman–Crippen MR) is 63.4 cm³/mol. The summed E-state index contributed by atoms with van der Waals surface area (Å²) in [6.45, 7) is 3.50. The lowest BCUT2D eigenvalue weighted by Gasteiger charge is -2.00. The number of aryl methyl sites for hydroxylation is 2. The van der Waals surface area contributed by atoms with Crippen molar-refractivity contribution in [2.45, 2.75) is 13.8 Å². The zero-order valence-corrected chi connectivity index (χ0v) is 10.1. The van der Waals surface area contributed by atoms with Gasteiger partial charge in [0.15, 0.2) is 0 Å². The first kappa shape index (κ1) is 11.7. The lowest BCUT2D eigenvalue weighted by Crippen LogP contribution is -1.95. The second kappa shape index (κ2) is 4.22. The number of benzene rings is 1. The van der Waals surface area contributed by atoms with Crippen LogP contribution in [0.2, 0.25) is 5.02 Å². The minimum absolute atomic E-state index is 0.156. The standard InChI is InChI=1S/C12H10ClNO3/c1-6-3-4-8(9(13)5-6)11-14-7(2)10(17-11)12(15)16/h3-5H,1-2H3,(H,15,16). The molecule has 0 atom stereocenters. The number of carbonyl (C=O) groups is 1. The van der Waals surface area contributed by atoms with Gasteiger partial charge in [-0.1, -0.05) is 17.7 Å². The molecule has 0 aliphatic heterocycles. The van der Waals surface area contributed by atoms with E-state index in [2.05, 4.69) is 4.98 Å². The van der Waals surface area contributed by atoms with E-state index in [1.807, 2.05) is 13.0 Å². The summed E-state index contributed by atoms with van der Waals surface area (Å²) < 4.78 is 5.19. The number of aromatic nitrogens is 1. The average molecular weight is 252 g/mol. The van der Waals surface area contributed by atoms with Crippen LogP contribution < -0.4 is 0 Å². The van der Waals surface area contributed by atoms with Gasteiger partial charge in [0.05, 0.1) is 16.3 Å². The van der Waals surface area contributed by atoms with Crippen molar-refractivity contribution in [3.05, 3.63) is 40.2 Å². The predicted octanol–water partition coefficient (Wildman–Crippen LogP) is 3.31. The fourth-order valence-corrected chi connectivity index (χ4v) is 1.82. The molecule has 0 spiro atoms. The van der Waals surface area contributed by atoms with Crippen LogP contribution >= 0.6 is 11.6 Å². The Labute approximate surface area is 103 Å². The highest BCUT2D eigenvalue weighted by molar-refractivity contribution is 6.33. The number of rotatable bonds is 2. The largest absolute Gasteiger partial charge is 0.475 e. The van der Waals surface area contributed by atoms with Crippen LogP contribution in [-0.4, -0.2) is 16.1 Å². The van der Waals surface area contributed by atoms with Gasteiger partial charge in [0.1, 0.15) is 0 Å². The Hall–Kier alpha value is -1.81. The summed E-state index contributed by atoms with van der Waals surface area (Å²) in [6.07, 6.45) is 0. The fourth-order valence-electron chi connectivity index (χ4n) is 1.50. The highest BCUT2D eigenvalue weighted by atomic mass is 35.5. The normalized spacial score (nSPS) is 10.5. The minimum Gasteiger partial charge on any atom is -0.475 e. The van der Waals surface area contributed by atoms with E-state index in [1.54, 1.807) is 19.1 Å². The monoisotopic (exact) mass is 251 g/mol. The van der Waals surface area contributed by atoms with Crippen LogP contribution in [0.4, 0.5) is 0 Å². The van der Waals surface area contributed by atoms with Crippen molar-refractivity contribution in [1.29, 1.82) is 0 Å². The van der Waals surface area contributed by atoms with Gasteiger partial charge in [-0.15, -0.1) is 0 Å². The first-order valence-electron chi connectivity index (χ1n) is 4.96. The lowest BCUT2D eigenvalue weighted by molar-refractivity contribution is 0.0662. The Morgan fingerprint density at radius 3 is 2.65 bits per heavy atom. The molecule has 1 aromatic heterocycles. The maximum absolute atomic E-state index is 10.8. The molecule has 0 unspecified atom stereocenters. The third-order valence-corrected chi connectivity index (χ3v) is 2.66. The number of nitrogens with zero attached hydrogens (tertiary/aromatic N) is 1. The van der Waals surface area contributed by atoms with E-state index >= 15 is 0 Å². The molecule has 17 heavy (non-hydrogen) atoms. The van der Waals surface area contributed by atoms with Crippen LogP contribution in [0.15, 0.2) is 22.6 Å². The number of aromatic carboxylic acids is 1. The van der Waals surface area contributed by atoms with Gasteiger partial charge >= 0.3 is 5.97 Å². The molecule has 0 saturated heterocycles. The van der Waals surface area contributed by atoms with Gasteiger partial charge in [-0.25, -0.2) is 9.78 Å². The number of carboxylic acids is 1. The maximum atomic E-state index is 10.8. The third-order valence-electron chi connectivity index (χ3n) is 2.35. The molecule has 1 heterocycles. The summed E-state index contributed by atoms with van der Waals surface area (Å²) in [5.74, 6) is -1.06. The van der Waals surface area contributed by atoms with Crippen molar-refractivity contribution in [3.8, 4) is 11.5 Å². The lowest BCUT2D eigenvalue weighted by atomic mass is 10.1. The number of hydrogen-bond donors (Lipinski definition) is 1. The molecule has 0 aliphatic rings. The van der Waals surface area contributed by atoms with Gasteiger partial charge < -0.3 is 9.52 Å². The van der Waals surface area contributed by atoms with E-state index in [1.165, 1.54) is 0 Å². The molecular weight excluding hydrogens is 242 g/mol. The van der Waals surface area contributed by atoms with Crippen LogP contribution in [0.5, 0.6) is 0 Å². The molecule has 0 amide bonds. The SMILES string of the molecule is Cc1ccc(-c2nc(C)c(C(=O)O)o2)c(Cl)c1. The second-order valence-corrected chi connectivity index (χ2v) is 4.13. The molecule has 0 aliphatic carbocycles. The molecule has 4 nitrogen and oxygen atoms in total. The van der Waals surface area contributed by atoms with E-state index in [0.29, 0.717) is 16.3 Å². The van der Waals surface area contributed by atoms with E-state index in [-0.39, 0.29) is 11.7 Å². The number of halogens is 1. The van der Waals surface area contributed by atoms with Crippen molar-refractivity contribution in [1.82, 2.24) is 4.98 Å². The summed E-state index contributed by atoms with van der Waals surface area (Å²) in [6, 6.07) is 5.40. The Morgan fingerprint density at radius 1 is 1.41 bits per heavy atom. The van der Waals surface area contributed by atoms with Crippen LogP contribution in [0, 0.1) is 13.8 Å². The van der Waals surface area contributed by atoms with E-state index in [4.69, 9.17) is 21.1 Å². The Kier molecular flexibility index (Phi) is 2.90. The van der Waals surface area contributed by atoms with Crippen LogP contribution in [0.3, 0.4) is 0 Å². The second-order valence-electron chi connectivity index (χ2n) is 3.72. The third kappa shape index (κ3) is 2.17. The van der Waals surface area contributed by atoms with Gasteiger partial charge in [0.2, 0.25) is 11.7 Å². The van der Waals surface area contributed by atoms with E-state index in [0.717, 1.165) is 5.56 Å². The number of carboxylic acid groups (broad SMARTS) is 1. The molecule has 1 aromatic carbocycles. The van der Waals surface area contributed by atoms with Crippen molar-refractivity contribution in [2.24, 2.45) is 0 Å². The summed E-state index contributed by atoms with van der Waals surface area (Å²) >= 11 is 6.06. The topological polar surface area (TPSA) is 63.3 Å². The molecule has 2 rings (SSSR count). The van der Waals surface area contributed by atoms with Crippen LogP contribution in [0.25, 0.3) is 11.5 Å². The summed E-state index contributed by atoms with van der Waals surface area (Å²) in [7, 11) is 0. The zero-order chi connectivity index (χ0) is 12.6. The van der Waals surface area contributed by atoms with Gasteiger partial charge in [-0.2, -0.15) is 0 Å². The highest BCUT2D eigenvalue weighted by Crippen LogP contribution is 2.29. The Balaban J connectivity index is 2.53. The maximum Gasteiger partial charge on any atom is 0.373 e. The first-order valence-corrected chi connectivity index (χ1v) is 5.34. The van der Waals surface area contributed by atoms with E-state index < -0.39 is 5.97 Å². The minimum atomic E-state index is -1.13. The van der Waals surface area contributed by atoms with Crippen LogP contribution in [-0.2, 0) is 0 Å². The molecule has 0 radical (unpaired) electrons. The molecule has 0 saturated carbocycles. The number of hydrogen-bond acceptors (Lipinski definition) is 3. The smallest absolute Gasteiger partial charge is 0.373 e. The quantitative estimate of drug-likeness (QED) is 0.889. The molecule has 5 heteroatoms. The highest BCUT2D eigenvalue weighted by Gasteiger charge is 2.18. The van der Waals surface area contributed by atoms with Crippen molar-refractivity contribution in [3.63, 3.8) is 0 Å². The molecule has 2 aromatic rings. The molecule has 1 N–H and O–H groups in total. The Morgan fingerprint density at radius 2 is 2.12 bits per heavy atom. The average Bonchev–Trinajstić information content (AvgIpc) is 2.60. The van der Waals surface area contributed by atoms with Gasteiger partial charge in [0, 0.05) is 0 Å².